The van der Waals surface area contributed by atoms with Crippen molar-refractivity contribution in [3.05, 3.63) is 56.7 Å². The van der Waals surface area contributed by atoms with Gasteiger partial charge < -0.3 is 0 Å². The average Bonchev–Trinajstić information content (AvgIpc) is 2.13. The van der Waals surface area contributed by atoms with Crippen molar-refractivity contribution < 1.29 is 4.74 Å². The van der Waals surface area contributed by atoms with Crippen LogP contribution in [0, 0.1) is 0 Å². The maximum atomic E-state index is 5.50. The molecule has 2 aliphatic rings. The summed E-state index contributed by atoms with van der Waals surface area (Å²) in [6.45, 7) is 8.46. The number of hydrogen-bond acceptors (Lipinski definition) is 1. The van der Waals surface area contributed by atoms with Gasteiger partial charge in [-0.1, -0.05) is 0 Å². The predicted molar refractivity (Wildman–Crippen MR) is 75.0 cm³/mol. The molecule has 2 aliphatic heterocycles. The van der Waals surface area contributed by atoms with Crippen molar-refractivity contribution in [3.8, 4) is 0 Å². The number of allylic oxidation sites excluding steroid dienone is 10. The third-order valence-corrected chi connectivity index (χ3v) is 4.97. The molecule has 2 rings (SSSR count). The average molecular weight is 341 g/mol. The first-order valence-electron chi connectivity index (χ1n) is 5.70. The molecular weight excluding hydrogens is 324 g/mol. The molecule has 0 atom stereocenters. The Morgan fingerprint density at radius 3 is 2.18 bits per heavy atom. The van der Waals surface area contributed by atoms with Crippen LogP contribution < -0.4 is 0 Å². The van der Waals surface area contributed by atoms with E-state index in [-0.39, 0.29) is 20.5 Å². The Morgan fingerprint density at radius 1 is 0.941 bits per heavy atom. The van der Waals surface area contributed by atoms with Gasteiger partial charge in [0.2, 0.25) is 0 Å². The third-order valence-electron chi connectivity index (χ3n) is 2.46. The van der Waals surface area contributed by atoms with Crippen molar-refractivity contribution in [1.29, 1.82) is 0 Å². The number of rotatable bonds is 1. The third kappa shape index (κ3) is 3.56. The molecule has 0 aromatic carbocycles. The van der Waals surface area contributed by atoms with Gasteiger partial charge in [0.15, 0.2) is 0 Å². The van der Waals surface area contributed by atoms with Gasteiger partial charge in [0.05, 0.1) is 0 Å². The van der Waals surface area contributed by atoms with Crippen LogP contribution in [0.25, 0.3) is 0 Å². The summed E-state index contributed by atoms with van der Waals surface area (Å²) in [5.74, 6) is 1.92. The van der Waals surface area contributed by atoms with Gasteiger partial charge in [-0.3, -0.25) is 0 Å². The zero-order chi connectivity index (χ0) is 12.4. The second-order valence-corrected chi connectivity index (χ2v) is 8.63. The van der Waals surface area contributed by atoms with Crippen molar-refractivity contribution in [2.24, 2.45) is 0 Å². The molecule has 0 amide bonds. The van der Waals surface area contributed by atoms with Gasteiger partial charge in [0.1, 0.15) is 0 Å². The van der Waals surface area contributed by atoms with Gasteiger partial charge in [0.25, 0.3) is 0 Å². The van der Waals surface area contributed by atoms with Gasteiger partial charge >= 0.3 is 113 Å². The van der Waals surface area contributed by atoms with E-state index in [9.17, 15) is 0 Å². The normalized spacial score (nSPS) is 19.5. The van der Waals surface area contributed by atoms with E-state index in [1.165, 1.54) is 11.1 Å². The molecule has 0 unspecified atom stereocenters. The number of ether oxygens (including phenoxy) is 1. The van der Waals surface area contributed by atoms with E-state index in [1.54, 1.807) is 7.17 Å². The standard InChI is InChI=1S/C15H17OTe/c1-10-5-14(6-11(2)16-10)9-15-7-12(3)17-13(4)8-15/h5-9H,1-4H3. The summed E-state index contributed by atoms with van der Waals surface area (Å²) in [4.78, 5) is 0. The van der Waals surface area contributed by atoms with Crippen LogP contribution >= 0.6 is 0 Å². The molecule has 0 saturated carbocycles. The summed E-state index contributed by atoms with van der Waals surface area (Å²) >= 11 is -0.0388. The Kier molecular flexibility index (Phi) is 3.86. The molecule has 89 valence electrons. The first-order chi connectivity index (χ1) is 8.02. The van der Waals surface area contributed by atoms with Crippen LogP contribution in [-0.4, -0.2) is 24.0 Å². The van der Waals surface area contributed by atoms with Crippen LogP contribution in [-0.2, 0) is 4.74 Å². The van der Waals surface area contributed by atoms with E-state index in [0.717, 1.165) is 11.5 Å². The van der Waals surface area contributed by atoms with Crippen LogP contribution in [0.3, 0.4) is 0 Å². The van der Waals surface area contributed by atoms with Gasteiger partial charge in [-0.15, -0.1) is 0 Å². The molecule has 0 N–H and O–H groups in total. The second-order valence-electron chi connectivity index (χ2n) is 4.37. The van der Waals surface area contributed by atoms with Crippen LogP contribution in [0.5, 0.6) is 0 Å². The molecule has 0 aliphatic carbocycles. The number of hydrogen-bond donors (Lipinski definition) is 0. The van der Waals surface area contributed by atoms with E-state index in [4.69, 9.17) is 4.74 Å². The van der Waals surface area contributed by atoms with Crippen molar-refractivity contribution in [1.82, 2.24) is 0 Å². The Balaban J connectivity index is 2.33. The summed E-state index contributed by atoms with van der Waals surface area (Å²) in [6, 6.07) is 0. The summed E-state index contributed by atoms with van der Waals surface area (Å²) < 4.78 is 8.60. The topological polar surface area (TPSA) is 9.23 Å². The van der Waals surface area contributed by atoms with Crippen molar-refractivity contribution in [3.63, 3.8) is 0 Å². The molecule has 1 radical (unpaired) electrons. The van der Waals surface area contributed by atoms with Crippen LogP contribution in [0.2, 0.25) is 0 Å². The quantitative estimate of drug-likeness (QED) is 0.664. The Hall–Kier alpha value is -0.840. The molecule has 2 heteroatoms. The fourth-order valence-corrected chi connectivity index (χ4v) is 4.57. The van der Waals surface area contributed by atoms with Crippen molar-refractivity contribution in [2.75, 3.05) is 0 Å². The summed E-state index contributed by atoms with van der Waals surface area (Å²) in [6.07, 6.45) is 11.0. The molecule has 0 aromatic heterocycles. The molecular formula is C15H17OTe. The molecule has 0 saturated heterocycles. The summed E-state index contributed by atoms with van der Waals surface area (Å²) in [5.41, 5.74) is 2.53. The molecule has 0 aromatic rings. The SMILES string of the molecule is CC1=CC(=CC2=CC(C)=[Te]C(C)=C2)C=C(C)O1. The Morgan fingerprint density at radius 2 is 1.59 bits per heavy atom. The monoisotopic (exact) mass is 343 g/mol. The van der Waals surface area contributed by atoms with Crippen molar-refractivity contribution >= 4 is 24.0 Å². The van der Waals surface area contributed by atoms with Gasteiger partial charge in [-0.25, -0.2) is 0 Å². The molecule has 0 fully saturated rings. The molecule has 1 nitrogen and oxygen atoms in total. The fourth-order valence-electron chi connectivity index (χ4n) is 2.01. The molecule has 2 heterocycles. The van der Waals surface area contributed by atoms with Crippen LogP contribution in [0.15, 0.2) is 56.7 Å². The van der Waals surface area contributed by atoms with E-state index < -0.39 is 0 Å². The zero-order valence-electron chi connectivity index (χ0n) is 10.7. The van der Waals surface area contributed by atoms with E-state index in [0.29, 0.717) is 0 Å². The zero-order valence-corrected chi connectivity index (χ0v) is 13.0. The van der Waals surface area contributed by atoms with Gasteiger partial charge in [-0.05, 0) is 0 Å². The van der Waals surface area contributed by atoms with Gasteiger partial charge in [-0.2, -0.15) is 0 Å². The first kappa shape index (κ1) is 12.6. The minimum absolute atomic E-state index is 0.0388. The van der Waals surface area contributed by atoms with E-state index in [2.05, 4.69) is 44.2 Å². The van der Waals surface area contributed by atoms with Crippen LogP contribution in [0.1, 0.15) is 27.7 Å². The molecule has 0 bridgehead atoms. The minimum atomic E-state index is -0.0388. The Labute approximate surface area is 113 Å². The van der Waals surface area contributed by atoms with E-state index in [1.807, 2.05) is 13.8 Å². The van der Waals surface area contributed by atoms with E-state index >= 15 is 0 Å². The van der Waals surface area contributed by atoms with Crippen LogP contribution in [0.4, 0.5) is 0 Å². The fraction of sp³-hybridized carbons (Fsp3) is 0.267. The summed E-state index contributed by atoms with van der Waals surface area (Å²) in [5, 5.41) is 0. The maximum absolute atomic E-state index is 5.50. The predicted octanol–water partition coefficient (Wildman–Crippen LogP) is 3.49. The first-order valence-corrected chi connectivity index (χ1v) is 8.03. The van der Waals surface area contributed by atoms with Crippen molar-refractivity contribution in [2.45, 2.75) is 27.7 Å². The second kappa shape index (κ2) is 5.21. The van der Waals surface area contributed by atoms with Gasteiger partial charge in [0, 0.05) is 0 Å². The molecule has 17 heavy (non-hydrogen) atoms. The molecule has 0 spiro atoms. The summed E-state index contributed by atoms with van der Waals surface area (Å²) in [7, 11) is 0. The Bertz CT molecular complexity index is 502.